The Hall–Kier alpha value is -3.00. The second kappa shape index (κ2) is 12.9. The molecular weight excluding hydrogens is 523 g/mol. The Balaban J connectivity index is 1.32. The van der Waals surface area contributed by atoms with Crippen LogP contribution in [0.25, 0.3) is 11.3 Å². The van der Waals surface area contributed by atoms with Gasteiger partial charge in [-0.2, -0.15) is 4.31 Å². The van der Waals surface area contributed by atoms with Crippen LogP contribution in [0, 0.1) is 5.92 Å². The molecule has 0 spiro atoms. The summed E-state index contributed by atoms with van der Waals surface area (Å²) in [6.07, 6.45) is 6.20. The quantitative estimate of drug-likeness (QED) is 0.192. The first-order valence-corrected chi connectivity index (χ1v) is 16.3. The average molecular weight is 560 g/mol. The van der Waals surface area contributed by atoms with Gasteiger partial charge < -0.3 is 4.57 Å². The molecule has 0 aliphatic carbocycles. The number of unbranched alkanes of at least 4 members (excludes halogenated alkanes) is 2. The van der Waals surface area contributed by atoms with E-state index in [9.17, 15) is 8.42 Å². The Bertz CT molecular complexity index is 1500. The topological polar surface area (TPSA) is 54.7 Å². The summed E-state index contributed by atoms with van der Waals surface area (Å²) >= 11 is 1.63. The smallest absolute Gasteiger partial charge is 0.243 e. The minimum absolute atomic E-state index is 0.370. The lowest BCUT2D eigenvalue weighted by Crippen LogP contribution is -2.38. The van der Waals surface area contributed by atoms with E-state index in [4.69, 9.17) is 4.99 Å². The van der Waals surface area contributed by atoms with Crippen LogP contribution >= 0.6 is 11.3 Å². The highest BCUT2D eigenvalue weighted by Crippen LogP contribution is 2.28. The predicted octanol–water partition coefficient (Wildman–Crippen LogP) is 7.28. The summed E-state index contributed by atoms with van der Waals surface area (Å²) in [6, 6.07) is 27.9. The van der Waals surface area contributed by atoms with E-state index in [-0.39, 0.29) is 0 Å². The van der Waals surface area contributed by atoms with Crippen molar-refractivity contribution in [3.05, 3.63) is 101 Å². The van der Waals surface area contributed by atoms with E-state index in [2.05, 4.69) is 41.1 Å². The van der Waals surface area contributed by atoms with E-state index < -0.39 is 10.0 Å². The molecule has 7 heteroatoms. The van der Waals surface area contributed by atoms with Crippen molar-refractivity contribution in [2.45, 2.75) is 56.9 Å². The van der Waals surface area contributed by atoms with Gasteiger partial charge >= 0.3 is 0 Å². The van der Waals surface area contributed by atoms with Crippen molar-refractivity contribution in [2.75, 3.05) is 13.1 Å². The summed E-state index contributed by atoms with van der Waals surface area (Å²) in [4.78, 5) is 6.23. The SMILES string of the molecule is CCCCCn1c(-c2ccc(S(=O)(=O)N3CCC(Cc4ccccc4)CC3)cc2)csc1=Nc1ccccc1. The summed E-state index contributed by atoms with van der Waals surface area (Å²) in [5.41, 5.74) is 4.35. The van der Waals surface area contributed by atoms with E-state index in [0.717, 1.165) is 66.8 Å². The first-order chi connectivity index (χ1) is 19.0. The van der Waals surface area contributed by atoms with E-state index in [1.807, 2.05) is 48.5 Å². The summed E-state index contributed by atoms with van der Waals surface area (Å²) in [7, 11) is -3.51. The number of nitrogens with zero attached hydrogens (tertiary/aromatic N) is 3. The molecule has 2 heterocycles. The van der Waals surface area contributed by atoms with Gasteiger partial charge in [0.15, 0.2) is 4.80 Å². The molecule has 204 valence electrons. The number of piperidine rings is 1. The van der Waals surface area contributed by atoms with Crippen molar-refractivity contribution < 1.29 is 8.42 Å². The molecule has 5 rings (SSSR count). The predicted molar refractivity (Wildman–Crippen MR) is 161 cm³/mol. The molecule has 1 fully saturated rings. The summed E-state index contributed by atoms with van der Waals surface area (Å²) in [6.45, 7) is 4.25. The van der Waals surface area contributed by atoms with Crippen molar-refractivity contribution in [2.24, 2.45) is 10.9 Å². The molecule has 1 aliphatic rings. The zero-order valence-electron chi connectivity index (χ0n) is 22.6. The van der Waals surface area contributed by atoms with E-state index in [1.54, 1.807) is 27.8 Å². The first kappa shape index (κ1) is 27.6. The third kappa shape index (κ3) is 6.78. The van der Waals surface area contributed by atoms with Crippen LogP contribution in [0.3, 0.4) is 0 Å². The van der Waals surface area contributed by atoms with Gasteiger partial charge in [-0.05, 0) is 67.0 Å². The molecule has 0 atom stereocenters. The van der Waals surface area contributed by atoms with Crippen LogP contribution in [-0.2, 0) is 23.0 Å². The lowest BCUT2D eigenvalue weighted by molar-refractivity contribution is 0.273. The molecule has 3 aromatic carbocycles. The molecule has 1 aliphatic heterocycles. The minimum Gasteiger partial charge on any atom is -0.316 e. The van der Waals surface area contributed by atoms with E-state index in [0.29, 0.717) is 23.9 Å². The van der Waals surface area contributed by atoms with E-state index >= 15 is 0 Å². The average Bonchev–Trinajstić information content (AvgIpc) is 3.36. The third-order valence-electron chi connectivity index (χ3n) is 7.49. The molecule has 0 saturated carbocycles. The van der Waals surface area contributed by atoms with Crippen LogP contribution in [0.4, 0.5) is 5.69 Å². The monoisotopic (exact) mass is 559 g/mol. The Labute approximate surface area is 236 Å². The van der Waals surface area contributed by atoms with Gasteiger partial charge in [0.1, 0.15) is 0 Å². The molecule has 0 bridgehead atoms. The zero-order chi connectivity index (χ0) is 27.1. The molecule has 4 aromatic rings. The van der Waals surface area contributed by atoms with Crippen LogP contribution in [-0.4, -0.2) is 30.4 Å². The number of aromatic nitrogens is 1. The fourth-order valence-corrected chi connectivity index (χ4v) is 7.67. The Morgan fingerprint density at radius 3 is 2.21 bits per heavy atom. The lowest BCUT2D eigenvalue weighted by atomic mass is 9.91. The highest BCUT2D eigenvalue weighted by atomic mass is 32.2. The lowest BCUT2D eigenvalue weighted by Gasteiger charge is -2.31. The Morgan fingerprint density at radius 1 is 0.872 bits per heavy atom. The normalized spacial score (nSPS) is 15.6. The van der Waals surface area contributed by atoms with Crippen LogP contribution < -0.4 is 4.80 Å². The van der Waals surface area contributed by atoms with E-state index in [1.165, 1.54) is 5.56 Å². The molecule has 0 unspecified atom stereocenters. The third-order valence-corrected chi connectivity index (χ3v) is 10.3. The van der Waals surface area contributed by atoms with Crippen molar-refractivity contribution in [3.8, 4) is 11.3 Å². The fourth-order valence-electron chi connectivity index (χ4n) is 5.25. The highest BCUT2D eigenvalue weighted by molar-refractivity contribution is 7.89. The second-order valence-electron chi connectivity index (χ2n) is 10.3. The highest BCUT2D eigenvalue weighted by Gasteiger charge is 2.29. The van der Waals surface area contributed by atoms with Crippen molar-refractivity contribution >= 4 is 27.0 Å². The van der Waals surface area contributed by atoms with Gasteiger partial charge in [0.2, 0.25) is 10.0 Å². The number of thiazole rings is 1. The molecule has 5 nitrogen and oxygen atoms in total. The van der Waals surface area contributed by atoms with Crippen molar-refractivity contribution in [1.82, 2.24) is 8.87 Å². The second-order valence-corrected chi connectivity index (χ2v) is 13.0. The maximum absolute atomic E-state index is 13.5. The number of hydrogen-bond acceptors (Lipinski definition) is 4. The maximum Gasteiger partial charge on any atom is 0.243 e. The van der Waals surface area contributed by atoms with Crippen LogP contribution in [0.15, 0.2) is 100 Å². The number of hydrogen-bond donors (Lipinski definition) is 0. The van der Waals surface area contributed by atoms with Crippen molar-refractivity contribution in [1.29, 1.82) is 0 Å². The standard InChI is InChI=1S/C32H37N3O2S2/c1-2-3-10-21-35-31(25-38-32(35)33-29-13-8-5-9-14-29)28-15-17-30(18-16-28)39(36,37)34-22-19-27(20-23-34)24-26-11-6-4-7-12-26/h4-9,11-18,25,27H,2-3,10,19-24H2,1H3. The van der Waals surface area contributed by atoms with Crippen LogP contribution in [0.1, 0.15) is 44.6 Å². The molecule has 0 radical (unpaired) electrons. The molecule has 39 heavy (non-hydrogen) atoms. The summed E-state index contributed by atoms with van der Waals surface area (Å²) in [5.74, 6) is 0.526. The van der Waals surface area contributed by atoms with Gasteiger partial charge in [-0.1, -0.05) is 80.4 Å². The molecule has 1 aromatic heterocycles. The van der Waals surface area contributed by atoms with Gasteiger partial charge in [0, 0.05) is 25.0 Å². The van der Waals surface area contributed by atoms with Gasteiger partial charge in [0.25, 0.3) is 0 Å². The van der Waals surface area contributed by atoms with Crippen molar-refractivity contribution in [3.63, 3.8) is 0 Å². The molecule has 0 amide bonds. The van der Waals surface area contributed by atoms with Crippen LogP contribution in [0.5, 0.6) is 0 Å². The molecule has 0 N–H and O–H groups in total. The minimum atomic E-state index is -3.51. The number of benzene rings is 3. The van der Waals surface area contributed by atoms with Gasteiger partial charge in [-0.3, -0.25) is 0 Å². The number of rotatable bonds is 10. The Kier molecular flexibility index (Phi) is 9.12. The first-order valence-electron chi connectivity index (χ1n) is 14.0. The number of para-hydroxylation sites is 1. The maximum atomic E-state index is 13.5. The molecule has 1 saturated heterocycles. The Morgan fingerprint density at radius 2 is 1.54 bits per heavy atom. The summed E-state index contributed by atoms with van der Waals surface area (Å²) < 4.78 is 30.8. The van der Waals surface area contributed by atoms with Gasteiger partial charge in [0.05, 0.1) is 16.3 Å². The summed E-state index contributed by atoms with van der Waals surface area (Å²) in [5, 5.41) is 2.13. The fraction of sp³-hybridized carbons (Fsp3) is 0.344. The number of sulfonamides is 1. The molecular formula is C32H37N3O2S2. The zero-order valence-corrected chi connectivity index (χ0v) is 24.2. The largest absolute Gasteiger partial charge is 0.316 e. The van der Waals surface area contributed by atoms with Crippen LogP contribution in [0.2, 0.25) is 0 Å². The van der Waals surface area contributed by atoms with Gasteiger partial charge in [-0.15, -0.1) is 11.3 Å². The van der Waals surface area contributed by atoms with Gasteiger partial charge in [-0.25, -0.2) is 13.4 Å².